The highest BCUT2D eigenvalue weighted by Crippen LogP contribution is 2.10. The number of hydrogen-bond donors (Lipinski definition) is 1. The van der Waals surface area contributed by atoms with E-state index < -0.39 is 11.2 Å². The SMILES string of the molecule is Cc1ccc(F)cc1Cn1ccc(=O)[nH]c1=O. The summed E-state index contributed by atoms with van der Waals surface area (Å²) in [7, 11) is 0. The fourth-order valence-corrected chi connectivity index (χ4v) is 1.56. The maximum Gasteiger partial charge on any atom is 0.328 e. The molecule has 0 aliphatic heterocycles. The molecule has 4 nitrogen and oxygen atoms in total. The molecule has 88 valence electrons. The predicted octanol–water partition coefficient (Wildman–Crippen LogP) is 1.03. The quantitative estimate of drug-likeness (QED) is 0.843. The molecule has 2 rings (SSSR count). The van der Waals surface area contributed by atoms with Gasteiger partial charge >= 0.3 is 5.69 Å². The van der Waals surface area contributed by atoms with E-state index in [-0.39, 0.29) is 12.4 Å². The third-order valence-electron chi connectivity index (χ3n) is 2.55. The van der Waals surface area contributed by atoms with Crippen LogP contribution in [0.25, 0.3) is 0 Å². The zero-order chi connectivity index (χ0) is 12.4. The molecular formula is C12H11FN2O2. The number of aromatic amines is 1. The lowest BCUT2D eigenvalue weighted by Gasteiger charge is -2.07. The van der Waals surface area contributed by atoms with Gasteiger partial charge in [-0.3, -0.25) is 14.3 Å². The van der Waals surface area contributed by atoms with Gasteiger partial charge < -0.3 is 0 Å². The number of aryl methyl sites for hydroxylation is 1. The number of benzene rings is 1. The highest BCUT2D eigenvalue weighted by molar-refractivity contribution is 5.26. The molecule has 1 aromatic carbocycles. The molecule has 0 saturated carbocycles. The minimum Gasteiger partial charge on any atom is -0.296 e. The number of nitrogens with zero attached hydrogens (tertiary/aromatic N) is 1. The largest absolute Gasteiger partial charge is 0.328 e. The van der Waals surface area contributed by atoms with E-state index in [4.69, 9.17) is 0 Å². The Balaban J connectivity index is 2.41. The summed E-state index contributed by atoms with van der Waals surface area (Å²) in [6, 6.07) is 5.67. The first kappa shape index (κ1) is 11.3. The van der Waals surface area contributed by atoms with Gasteiger partial charge in [-0.15, -0.1) is 0 Å². The topological polar surface area (TPSA) is 54.9 Å². The van der Waals surface area contributed by atoms with E-state index in [9.17, 15) is 14.0 Å². The van der Waals surface area contributed by atoms with E-state index in [2.05, 4.69) is 4.98 Å². The zero-order valence-corrected chi connectivity index (χ0v) is 9.24. The van der Waals surface area contributed by atoms with Crippen molar-refractivity contribution in [2.24, 2.45) is 0 Å². The molecule has 1 N–H and O–H groups in total. The standard InChI is InChI=1S/C12H11FN2O2/c1-8-2-3-10(13)6-9(8)7-15-5-4-11(16)14-12(15)17/h2-6H,7H2,1H3,(H,14,16,17). The number of halogens is 1. The van der Waals surface area contributed by atoms with Crippen LogP contribution in [-0.2, 0) is 6.54 Å². The molecule has 0 aliphatic rings. The van der Waals surface area contributed by atoms with Crippen molar-refractivity contribution in [3.63, 3.8) is 0 Å². The van der Waals surface area contributed by atoms with E-state index >= 15 is 0 Å². The van der Waals surface area contributed by atoms with Crippen LogP contribution in [0.3, 0.4) is 0 Å². The Hall–Kier alpha value is -2.17. The van der Waals surface area contributed by atoms with Gasteiger partial charge in [0.05, 0.1) is 6.54 Å². The first-order valence-corrected chi connectivity index (χ1v) is 5.11. The Morgan fingerprint density at radius 2 is 2.06 bits per heavy atom. The molecule has 0 radical (unpaired) electrons. The lowest BCUT2D eigenvalue weighted by Crippen LogP contribution is -2.29. The number of nitrogens with one attached hydrogen (secondary N) is 1. The highest BCUT2D eigenvalue weighted by atomic mass is 19.1. The highest BCUT2D eigenvalue weighted by Gasteiger charge is 2.03. The van der Waals surface area contributed by atoms with Crippen molar-refractivity contribution in [1.29, 1.82) is 0 Å². The van der Waals surface area contributed by atoms with Gasteiger partial charge in [0.2, 0.25) is 0 Å². The van der Waals surface area contributed by atoms with E-state index in [1.165, 1.54) is 29.0 Å². The maximum atomic E-state index is 13.1. The van der Waals surface area contributed by atoms with Gasteiger partial charge in [-0.2, -0.15) is 0 Å². The summed E-state index contributed by atoms with van der Waals surface area (Å²) in [5.41, 5.74) is 0.659. The van der Waals surface area contributed by atoms with Crippen LogP contribution < -0.4 is 11.2 Å². The predicted molar refractivity (Wildman–Crippen MR) is 61.6 cm³/mol. The maximum absolute atomic E-state index is 13.1. The molecule has 1 aromatic heterocycles. The first-order chi connectivity index (χ1) is 8.06. The summed E-state index contributed by atoms with van der Waals surface area (Å²) >= 11 is 0. The van der Waals surface area contributed by atoms with E-state index in [1.807, 2.05) is 6.92 Å². The fourth-order valence-electron chi connectivity index (χ4n) is 1.56. The first-order valence-electron chi connectivity index (χ1n) is 5.11. The minimum absolute atomic E-state index is 0.235. The molecular weight excluding hydrogens is 223 g/mol. The average Bonchev–Trinajstić information content (AvgIpc) is 2.27. The molecule has 1 heterocycles. The van der Waals surface area contributed by atoms with Crippen LogP contribution in [-0.4, -0.2) is 9.55 Å². The lowest BCUT2D eigenvalue weighted by atomic mass is 10.1. The van der Waals surface area contributed by atoms with Crippen molar-refractivity contribution in [3.05, 3.63) is 68.2 Å². The molecule has 0 unspecified atom stereocenters. The van der Waals surface area contributed by atoms with Crippen molar-refractivity contribution < 1.29 is 4.39 Å². The molecule has 0 aliphatic carbocycles. The van der Waals surface area contributed by atoms with Gasteiger partial charge in [0.25, 0.3) is 5.56 Å². The average molecular weight is 234 g/mol. The van der Waals surface area contributed by atoms with Crippen molar-refractivity contribution in [1.82, 2.24) is 9.55 Å². The zero-order valence-electron chi connectivity index (χ0n) is 9.24. The van der Waals surface area contributed by atoms with E-state index in [0.29, 0.717) is 5.56 Å². The summed E-state index contributed by atoms with van der Waals surface area (Å²) in [6.45, 7) is 2.07. The molecule has 0 bridgehead atoms. The van der Waals surface area contributed by atoms with Crippen LogP contribution >= 0.6 is 0 Å². The van der Waals surface area contributed by atoms with Gasteiger partial charge in [-0.25, -0.2) is 9.18 Å². The van der Waals surface area contributed by atoms with Crippen molar-refractivity contribution >= 4 is 0 Å². The summed E-state index contributed by atoms with van der Waals surface area (Å²) in [4.78, 5) is 24.5. The van der Waals surface area contributed by atoms with E-state index in [0.717, 1.165) is 5.56 Å². The second-order valence-corrected chi connectivity index (χ2v) is 3.81. The van der Waals surface area contributed by atoms with Gasteiger partial charge in [0.15, 0.2) is 0 Å². The van der Waals surface area contributed by atoms with Crippen LogP contribution in [0.1, 0.15) is 11.1 Å². The monoisotopic (exact) mass is 234 g/mol. The Kier molecular flexibility index (Phi) is 2.91. The summed E-state index contributed by atoms with van der Waals surface area (Å²) in [5.74, 6) is -0.344. The summed E-state index contributed by atoms with van der Waals surface area (Å²) < 4.78 is 14.4. The lowest BCUT2D eigenvalue weighted by molar-refractivity contribution is 0.620. The van der Waals surface area contributed by atoms with Crippen molar-refractivity contribution in [3.8, 4) is 0 Å². The molecule has 5 heteroatoms. The molecule has 17 heavy (non-hydrogen) atoms. The van der Waals surface area contributed by atoms with Gasteiger partial charge in [0.1, 0.15) is 5.82 Å². The van der Waals surface area contributed by atoms with Crippen molar-refractivity contribution in [2.75, 3.05) is 0 Å². The third kappa shape index (κ3) is 2.50. The number of rotatable bonds is 2. The Labute approximate surface area is 96.4 Å². The second kappa shape index (κ2) is 4.37. The molecule has 0 atom stereocenters. The number of hydrogen-bond acceptors (Lipinski definition) is 2. The smallest absolute Gasteiger partial charge is 0.296 e. The Bertz CT molecular complexity index is 658. The van der Waals surface area contributed by atoms with Crippen LogP contribution in [0.2, 0.25) is 0 Å². The van der Waals surface area contributed by atoms with E-state index in [1.54, 1.807) is 6.07 Å². The molecule has 0 spiro atoms. The summed E-state index contributed by atoms with van der Waals surface area (Å²) in [5, 5.41) is 0. The summed E-state index contributed by atoms with van der Waals surface area (Å²) in [6.07, 6.45) is 1.39. The Morgan fingerprint density at radius 1 is 1.29 bits per heavy atom. The van der Waals surface area contributed by atoms with Gasteiger partial charge in [0, 0.05) is 12.3 Å². The molecule has 0 amide bonds. The number of aromatic nitrogens is 2. The van der Waals surface area contributed by atoms with Crippen LogP contribution in [0.4, 0.5) is 4.39 Å². The Morgan fingerprint density at radius 3 is 2.76 bits per heavy atom. The molecule has 0 saturated heterocycles. The molecule has 2 aromatic rings. The van der Waals surface area contributed by atoms with Crippen LogP contribution in [0.15, 0.2) is 40.1 Å². The van der Waals surface area contributed by atoms with Crippen LogP contribution in [0.5, 0.6) is 0 Å². The van der Waals surface area contributed by atoms with Gasteiger partial charge in [-0.1, -0.05) is 6.07 Å². The fraction of sp³-hybridized carbons (Fsp3) is 0.167. The molecule has 0 fully saturated rings. The third-order valence-corrected chi connectivity index (χ3v) is 2.55. The minimum atomic E-state index is -0.499. The number of H-pyrrole nitrogens is 1. The van der Waals surface area contributed by atoms with Crippen LogP contribution in [0, 0.1) is 12.7 Å². The van der Waals surface area contributed by atoms with Gasteiger partial charge in [-0.05, 0) is 30.2 Å². The normalized spacial score (nSPS) is 10.5. The van der Waals surface area contributed by atoms with Crippen molar-refractivity contribution in [2.45, 2.75) is 13.5 Å². The second-order valence-electron chi connectivity index (χ2n) is 3.81.